The number of carbonyl (C=O) groups is 1. The van der Waals surface area contributed by atoms with E-state index in [-0.39, 0.29) is 11.9 Å². The van der Waals surface area contributed by atoms with E-state index in [0.717, 1.165) is 35.6 Å². The second kappa shape index (κ2) is 8.08. The molecule has 2 nitrogen and oxygen atoms in total. The molecule has 150 valence electrons. The van der Waals surface area contributed by atoms with Crippen molar-refractivity contribution in [2.24, 2.45) is 0 Å². The summed E-state index contributed by atoms with van der Waals surface area (Å²) in [7, 11) is 0. The summed E-state index contributed by atoms with van der Waals surface area (Å²) in [5.74, 6) is 0.126. The summed E-state index contributed by atoms with van der Waals surface area (Å²) in [5.41, 5.74) is 4.75. The largest absolute Gasteiger partial charge is 0.326 e. The van der Waals surface area contributed by atoms with Crippen LogP contribution in [0.5, 0.6) is 0 Å². The van der Waals surface area contributed by atoms with Gasteiger partial charge in [0.25, 0.3) is 5.91 Å². The van der Waals surface area contributed by atoms with E-state index in [9.17, 15) is 4.79 Å². The van der Waals surface area contributed by atoms with Crippen molar-refractivity contribution in [1.82, 2.24) is 4.90 Å². The fourth-order valence-electron chi connectivity index (χ4n) is 4.66. The number of nitrogens with zero attached hydrogens (tertiary/aromatic N) is 1. The van der Waals surface area contributed by atoms with Crippen LogP contribution in [0.3, 0.4) is 0 Å². The maximum Gasteiger partial charge on any atom is 0.255 e. The summed E-state index contributed by atoms with van der Waals surface area (Å²) < 4.78 is 0. The minimum atomic E-state index is 0.114. The van der Waals surface area contributed by atoms with E-state index in [4.69, 9.17) is 0 Å². The smallest absolute Gasteiger partial charge is 0.255 e. The van der Waals surface area contributed by atoms with Gasteiger partial charge in [0, 0.05) is 10.4 Å². The molecule has 1 heterocycles. The van der Waals surface area contributed by atoms with Crippen LogP contribution in [-0.2, 0) is 13.0 Å². The first kappa shape index (κ1) is 19.1. The summed E-state index contributed by atoms with van der Waals surface area (Å²) in [6, 6.07) is 25.2. The standard InChI is InChI=1S/C27H25NOS/c1-19-16-17-30-26(19)18-28(25-15-7-11-21-9-3-5-13-23(21)25)27(29)24-14-6-10-20-8-2-4-12-22(20)24/h2-6,8-10,12-14,16-17,25H,7,11,15,18H2,1H3. The average molecular weight is 412 g/mol. The molecule has 0 saturated heterocycles. The molecule has 1 aliphatic carbocycles. The van der Waals surface area contributed by atoms with Crippen molar-refractivity contribution in [3.8, 4) is 0 Å². The number of carbonyl (C=O) groups excluding carboxylic acids is 1. The van der Waals surface area contributed by atoms with Gasteiger partial charge in [0.15, 0.2) is 0 Å². The third kappa shape index (κ3) is 3.44. The predicted octanol–water partition coefficient (Wildman–Crippen LogP) is 6.93. The minimum absolute atomic E-state index is 0.114. The highest BCUT2D eigenvalue weighted by Gasteiger charge is 2.31. The quantitative estimate of drug-likeness (QED) is 0.356. The third-order valence-electron chi connectivity index (χ3n) is 6.28. The molecule has 0 fully saturated rings. The summed E-state index contributed by atoms with van der Waals surface area (Å²) in [6.45, 7) is 2.80. The Morgan fingerprint density at radius 1 is 1.00 bits per heavy atom. The molecule has 0 spiro atoms. The zero-order chi connectivity index (χ0) is 20.5. The molecule has 1 aromatic heterocycles. The first-order valence-corrected chi connectivity index (χ1v) is 11.5. The van der Waals surface area contributed by atoms with Crippen LogP contribution in [0.2, 0.25) is 0 Å². The SMILES string of the molecule is Cc1ccsc1CN(C(=O)c1cccc2ccccc12)C1CCCc2ccccc21. The molecule has 5 rings (SSSR count). The number of fused-ring (bicyclic) bond motifs is 2. The Labute approximate surface area is 181 Å². The fraction of sp³-hybridized carbons (Fsp3) is 0.222. The highest BCUT2D eigenvalue weighted by molar-refractivity contribution is 7.10. The molecule has 0 radical (unpaired) electrons. The molecule has 1 aliphatic rings. The number of thiophene rings is 1. The van der Waals surface area contributed by atoms with Crippen LogP contribution < -0.4 is 0 Å². The van der Waals surface area contributed by atoms with Crippen molar-refractivity contribution in [3.63, 3.8) is 0 Å². The van der Waals surface area contributed by atoms with Crippen molar-refractivity contribution < 1.29 is 4.79 Å². The molecule has 3 aromatic carbocycles. The van der Waals surface area contributed by atoms with Gasteiger partial charge in [-0.15, -0.1) is 11.3 Å². The molecule has 1 amide bonds. The molecule has 0 saturated carbocycles. The predicted molar refractivity (Wildman–Crippen MR) is 125 cm³/mol. The van der Waals surface area contributed by atoms with Gasteiger partial charge in [-0.05, 0) is 71.2 Å². The Kier molecular flexibility index (Phi) is 5.14. The van der Waals surface area contributed by atoms with E-state index in [1.54, 1.807) is 11.3 Å². The van der Waals surface area contributed by atoms with Gasteiger partial charge in [-0.3, -0.25) is 4.79 Å². The van der Waals surface area contributed by atoms with Crippen LogP contribution in [0.25, 0.3) is 10.8 Å². The molecule has 1 atom stereocenters. The zero-order valence-electron chi connectivity index (χ0n) is 17.2. The summed E-state index contributed by atoms with van der Waals surface area (Å²) in [5, 5.41) is 4.27. The minimum Gasteiger partial charge on any atom is -0.326 e. The lowest BCUT2D eigenvalue weighted by Crippen LogP contribution is -2.36. The summed E-state index contributed by atoms with van der Waals surface area (Å²) in [6.07, 6.45) is 3.23. The van der Waals surface area contributed by atoms with Gasteiger partial charge in [-0.2, -0.15) is 0 Å². The molecule has 3 heteroatoms. The van der Waals surface area contributed by atoms with Crippen LogP contribution in [-0.4, -0.2) is 10.8 Å². The number of hydrogen-bond donors (Lipinski definition) is 0. The molecule has 0 N–H and O–H groups in total. The normalized spacial score (nSPS) is 15.7. The first-order valence-electron chi connectivity index (χ1n) is 10.6. The number of amides is 1. The lowest BCUT2D eigenvalue weighted by molar-refractivity contribution is 0.0642. The number of aryl methyl sites for hydroxylation is 2. The zero-order valence-corrected chi connectivity index (χ0v) is 18.0. The van der Waals surface area contributed by atoms with Crippen LogP contribution in [0, 0.1) is 6.92 Å². The van der Waals surface area contributed by atoms with Crippen molar-refractivity contribution in [3.05, 3.63) is 105 Å². The van der Waals surface area contributed by atoms with Crippen molar-refractivity contribution in [2.45, 2.75) is 38.8 Å². The van der Waals surface area contributed by atoms with Crippen LogP contribution in [0.4, 0.5) is 0 Å². The summed E-state index contributed by atoms with van der Waals surface area (Å²) >= 11 is 1.75. The molecule has 0 aliphatic heterocycles. The van der Waals surface area contributed by atoms with Crippen molar-refractivity contribution >= 4 is 28.0 Å². The second-order valence-electron chi connectivity index (χ2n) is 8.09. The molecular formula is C27H25NOS. The van der Waals surface area contributed by atoms with Crippen LogP contribution in [0.15, 0.2) is 78.2 Å². The highest BCUT2D eigenvalue weighted by atomic mass is 32.1. The van der Waals surface area contributed by atoms with Gasteiger partial charge in [-0.1, -0.05) is 60.7 Å². The Morgan fingerprint density at radius 3 is 2.67 bits per heavy atom. The fourth-order valence-corrected chi connectivity index (χ4v) is 5.57. The number of hydrogen-bond acceptors (Lipinski definition) is 2. The van der Waals surface area contributed by atoms with Gasteiger partial charge < -0.3 is 4.90 Å². The van der Waals surface area contributed by atoms with E-state index in [0.29, 0.717) is 6.54 Å². The molecule has 0 bridgehead atoms. The summed E-state index contributed by atoms with van der Waals surface area (Å²) in [4.78, 5) is 17.4. The lowest BCUT2D eigenvalue weighted by Gasteiger charge is -2.36. The molecule has 1 unspecified atom stereocenters. The van der Waals surface area contributed by atoms with Crippen molar-refractivity contribution in [1.29, 1.82) is 0 Å². The lowest BCUT2D eigenvalue weighted by atomic mass is 9.86. The van der Waals surface area contributed by atoms with Gasteiger partial charge in [0.05, 0.1) is 12.6 Å². The first-order chi connectivity index (χ1) is 14.7. The molecule has 4 aromatic rings. The van der Waals surface area contributed by atoms with Gasteiger partial charge >= 0.3 is 0 Å². The number of benzene rings is 3. The van der Waals surface area contributed by atoms with Gasteiger partial charge in [0.2, 0.25) is 0 Å². The Morgan fingerprint density at radius 2 is 1.80 bits per heavy atom. The molecular weight excluding hydrogens is 386 g/mol. The van der Waals surface area contributed by atoms with E-state index >= 15 is 0 Å². The van der Waals surface area contributed by atoms with Gasteiger partial charge in [0.1, 0.15) is 0 Å². The van der Waals surface area contributed by atoms with Gasteiger partial charge in [-0.25, -0.2) is 0 Å². The second-order valence-corrected chi connectivity index (χ2v) is 9.09. The van der Waals surface area contributed by atoms with Crippen LogP contribution >= 0.6 is 11.3 Å². The Bertz CT molecular complexity index is 1200. The van der Waals surface area contributed by atoms with Crippen molar-refractivity contribution in [2.75, 3.05) is 0 Å². The van der Waals surface area contributed by atoms with E-state index in [1.807, 2.05) is 24.3 Å². The van der Waals surface area contributed by atoms with Crippen LogP contribution in [0.1, 0.15) is 50.8 Å². The van der Waals surface area contributed by atoms with E-state index < -0.39 is 0 Å². The van der Waals surface area contributed by atoms with E-state index in [2.05, 4.69) is 65.7 Å². The average Bonchev–Trinajstić information content (AvgIpc) is 3.20. The Balaban J connectivity index is 1.61. The monoisotopic (exact) mass is 411 g/mol. The maximum absolute atomic E-state index is 14.0. The maximum atomic E-state index is 14.0. The molecule has 30 heavy (non-hydrogen) atoms. The highest BCUT2D eigenvalue weighted by Crippen LogP contribution is 2.37. The number of rotatable bonds is 4. The third-order valence-corrected chi connectivity index (χ3v) is 7.28. The Hall–Kier alpha value is -2.91. The van der Waals surface area contributed by atoms with E-state index in [1.165, 1.54) is 21.6 Å². The topological polar surface area (TPSA) is 20.3 Å².